The van der Waals surface area contributed by atoms with Crippen molar-refractivity contribution in [3.05, 3.63) is 54.1 Å². The van der Waals surface area contributed by atoms with Gasteiger partial charge in [-0.3, -0.25) is 4.79 Å². The van der Waals surface area contributed by atoms with Crippen molar-refractivity contribution >= 4 is 34.4 Å². The Hall–Kier alpha value is -2.27. The van der Waals surface area contributed by atoms with Crippen molar-refractivity contribution in [1.82, 2.24) is 9.55 Å². The molecule has 1 atom stereocenters. The summed E-state index contributed by atoms with van der Waals surface area (Å²) in [4.78, 5) is 17.1. The zero-order valence-electron chi connectivity index (χ0n) is 14.1. The first-order valence-corrected chi connectivity index (χ1v) is 8.96. The summed E-state index contributed by atoms with van der Waals surface area (Å²) in [6, 6.07) is 15.9. The number of carbonyl (C=O) groups excluding carboxylic acids is 1. The van der Waals surface area contributed by atoms with Crippen molar-refractivity contribution in [1.29, 1.82) is 0 Å². The molecule has 0 saturated carbocycles. The van der Waals surface area contributed by atoms with Gasteiger partial charge in [-0.2, -0.15) is 0 Å². The summed E-state index contributed by atoms with van der Waals surface area (Å²) >= 11 is 1.49. The fourth-order valence-corrected chi connectivity index (χ4v) is 3.62. The van der Waals surface area contributed by atoms with Gasteiger partial charge < -0.3 is 9.88 Å². The number of aromatic nitrogens is 2. The highest BCUT2D eigenvalue weighted by Gasteiger charge is 2.19. The number of carbonyl (C=O) groups is 1. The van der Waals surface area contributed by atoms with E-state index in [-0.39, 0.29) is 11.2 Å². The molecule has 124 valence electrons. The van der Waals surface area contributed by atoms with Gasteiger partial charge in [0.1, 0.15) is 0 Å². The number of aryl methyl sites for hydroxylation is 2. The maximum atomic E-state index is 12.5. The molecule has 0 aliphatic heterocycles. The van der Waals surface area contributed by atoms with Gasteiger partial charge in [-0.1, -0.05) is 36.0 Å². The van der Waals surface area contributed by atoms with Crippen LogP contribution in [-0.4, -0.2) is 20.7 Å². The topological polar surface area (TPSA) is 46.9 Å². The van der Waals surface area contributed by atoms with Crippen molar-refractivity contribution in [3.8, 4) is 0 Å². The van der Waals surface area contributed by atoms with Crippen LogP contribution in [0.15, 0.2) is 53.7 Å². The summed E-state index contributed by atoms with van der Waals surface area (Å²) in [6.07, 6.45) is 0. The lowest BCUT2D eigenvalue weighted by Gasteiger charge is -2.13. The molecule has 1 N–H and O–H groups in total. The highest BCUT2D eigenvalue weighted by Crippen LogP contribution is 2.27. The third-order valence-corrected chi connectivity index (χ3v) is 4.96. The number of rotatable bonds is 5. The Labute approximate surface area is 146 Å². The third-order valence-electron chi connectivity index (χ3n) is 3.87. The fourth-order valence-electron chi connectivity index (χ4n) is 2.63. The van der Waals surface area contributed by atoms with Gasteiger partial charge in [-0.15, -0.1) is 0 Å². The first kappa shape index (κ1) is 16.6. The Morgan fingerprint density at radius 1 is 1.25 bits per heavy atom. The van der Waals surface area contributed by atoms with E-state index in [2.05, 4.69) is 27.9 Å². The number of nitrogens with zero attached hydrogens (tertiary/aromatic N) is 2. The van der Waals surface area contributed by atoms with E-state index in [0.717, 1.165) is 34.0 Å². The molecule has 0 fully saturated rings. The molecule has 0 bridgehead atoms. The van der Waals surface area contributed by atoms with Gasteiger partial charge in [-0.25, -0.2) is 4.98 Å². The Morgan fingerprint density at radius 3 is 2.79 bits per heavy atom. The molecule has 0 aliphatic rings. The average molecular weight is 339 g/mol. The summed E-state index contributed by atoms with van der Waals surface area (Å²) in [7, 11) is 0. The van der Waals surface area contributed by atoms with Crippen LogP contribution in [0.5, 0.6) is 0 Å². The molecule has 0 saturated heterocycles. The minimum Gasteiger partial charge on any atom is -0.325 e. The van der Waals surface area contributed by atoms with E-state index in [1.165, 1.54) is 11.8 Å². The smallest absolute Gasteiger partial charge is 0.237 e. The number of hydrogen-bond donors (Lipinski definition) is 1. The predicted octanol–water partition coefficient (Wildman–Crippen LogP) is 4.48. The molecule has 0 spiro atoms. The van der Waals surface area contributed by atoms with E-state index in [4.69, 9.17) is 0 Å². The van der Waals surface area contributed by atoms with Crippen LogP contribution in [0.1, 0.15) is 19.4 Å². The number of benzene rings is 2. The molecule has 24 heavy (non-hydrogen) atoms. The van der Waals surface area contributed by atoms with Crippen LogP contribution in [0.3, 0.4) is 0 Å². The molecule has 0 radical (unpaired) electrons. The van der Waals surface area contributed by atoms with Crippen LogP contribution in [-0.2, 0) is 11.3 Å². The summed E-state index contributed by atoms with van der Waals surface area (Å²) in [5, 5.41) is 3.63. The third kappa shape index (κ3) is 3.46. The van der Waals surface area contributed by atoms with Gasteiger partial charge in [0.05, 0.1) is 16.3 Å². The van der Waals surface area contributed by atoms with Crippen LogP contribution in [0.4, 0.5) is 5.69 Å². The number of para-hydroxylation sites is 2. The lowest BCUT2D eigenvalue weighted by molar-refractivity contribution is -0.115. The largest absolute Gasteiger partial charge is 0.325 e. The van der Waals surface area contributed by atoms with Gasteiger partial charge in [0.2, 0.25) is 5.91 Å². The maximum Gasteiger partial charge on any atom is 0.237 e. The van der Waals surface area contributed by atoms with Crippen LogP contribution in [0.25, 0.3) is 11.0 Å². The normalized spacial score (nSPS) is 12.3. The first-order chi connectivity index (χ1) is 11.6. The molecule has 1 aromatic heterocycles. The van der Waals surface area contributed by atoms with E-state index in [9.17, 15) is 4.79 Å². The Bertz CT molecular complexity index is 872. The van der Waals surface area contributed by atoms with E-state index >= 15 is 0 Å². The van der Waals surface area contributed by atoms with Crippen molar-refractivity contribution in [2.75, 3.05) is 5.32 Å². The number of fused-ring (bicyclic) bond motifs is 1. The minimum atomic E-state index is -0.229. The number of hydrogen-bond acceptors (Lipinski definition) is 3. The summed E-state index contributed by atoms with van der Waals surface area (Å²) in [5.74, 6) is -0.0136. The monoisotopic (exact) mass is 339 g/mol. The molecule has 1 heterocycles. The Balaban J connectivity index is 1.76. The molecule has 3 aromatic rings. The summed E-state index contributed by atoms with van der Waals surface area (Å²) < 4.78 is 2.15. The van der Waals surface area contributed by atoms with Gasteiger partial charge in [0.15, 0.2) is 5.16 Å². The highest BCUT2D eigenvalue weighted by molar-refractivity contribution is 8.00. The zero-order chi connectivity index (χ0) is 17.1. The standard InChI is InChI=1S/C19H21N3OS/c1-4-22-17-11-6-5-10-16(17)21-19(22)24-14(3)18(23)20-15-9-7-8-13(2)12-15/h5-12,14H,4H2,1-3H3,(H,20,23)/t14-/m0/s1. The van der Waals surface area contributed by atoms with Crippen molar-refractivity contribution in [3.63, 3.8) is 0 Å². The molecule has 2 aromatic carbocycles. The molecule has 4 nitrogen and oxygen atoms in total. The van der Waals surface area contributed by atoms with Gasteiger partial charge in [0.25, 0.3) is 0 Å². The number of thioether (sulfide) groups is 1. The lowest BCUT2D eigenvalue weighted by atomic mass is 10.2. The average Bonchev–Trinajstić information content (AvgIpc) is 2.91. The Kier molecular flexibility index (Phi) is 4.90. The van der Waals surface area contributed by atoms with Crippen LogP contribution in [0.2, 0.25) is 0 Å². The Morgan fingerprint density at radius 2 is 2.04 bits per heavy atom. The molecule has 0 aliphatic carbocycles. The predicted molar refractivity (Wildman–Crippen MR) is 101 cm³/mol. The fraction of sp³-hybridized carbons (Fsp3) is 0.263. The molecule has 5 heteroatoms. The molecule has 0 unspecified atom stereocenters. The van der Waals surface area contributed by atoms with Gasteiger partial charge >= 0.3 is 0 Å². The highest BCUT2D eigenvalue weighted by atomic mass is 32.2. The number of anilines is 1. The van der Waals surface area contributed by atoms with E-state index in [1.807, 2.05) is 56.3 Å². The number of imidazole rings is 1. The van der Waals surface area contributed by atoms with Crippen molar-refractivity contribution < 1.29 is 4.79 Å². The SMILES string of the molecule is CCn1c(S[C@@H](C)C(=O)Nc2cccc(C)c2)nc2ccccc21. The first-order valence-electron chi connectivity index (χ1n) is 8.08. The van der Waals surface area contributed by atoms with Crippen LogP contribution in [0, 0.1) is 6.92 Å². The van der Waals surface area contributed by atoms with Crippen molar-refractivity contribution in [2.45, 2.75) is 37.7 Å². The number of amides is 1. The second-order valence-corrected chi connectivity index (χ2v) is 7.05. The van der Waals surface area contributed by atoms with E-state index < -0.39 is 0 Å². The number of nitrogens with one attached hydrogen (secondary N) is 1. The van der Waals surface area contributed by atoms with Crippen LogP contribution < -0.4 is 5.32 Å². The van der Waals surface area contributed by atoms with Crippen molar-refractivity contribution in [2.24, 2.45) is 0 Å². The van der Waals surface area contributed by atoms with E-state index in [0.29, 0.717) is 0 Å². The minimum absolute atomic E-state index is 0.0136. The van der Waals surface area contributed by atoms with Crippen LogP contribution >= 0.6 is 11.8 Å². The quantitative estimate of drug-likeness (QED) is 0.697. The van der Waals surface area contributed by atoms with Gasteiger partial charge in [0, 0.05) is 12.2 Å². The molecule has 1 amide bonds. The second-order valence-electron chi connectivity index (χ2n) is 5.75. The van der Waals surface area contributed by atoms with E-state index in [1.54, 1.807) is 0 Å². The lowest BCUT2D eigenvalue weighted by Crippen LogP contribution is -2.22. The summed E-state index contributed by atoms with van der Waals surface area (Å²) in [5.41, 5.74) is 4.03. The zero-order valence-corrected chi connectivity index (χ0v) is 14.9. The molecular weight excluding hydrogens is 318 g/mol. The van der Waals surface area contributed by atoms with Gasteiger partial charge in [-0.05, 0) is 50.6 Å². The second kappa shape index (κ2) is 7.09. The molecule has 3 rings (SSSR count). The summed E-state index contributed by atoms with van der Waals surface area (Å²) in [6.45, 7) is 6.84. The maximum absolute atomic E-state index is 12.5. The molecular formula is C19H21N3OS.